The van der Waals surface area contributed by atoms with Gasteiger partial charge in [0.25, 0.3) is 0 Å². The van der Waals surface area contributed by atoms with E-state index in [4.69, 9.17) is 28.9 Å². The van der Waals surface area contributed by atoms with Crippen molar-refractivity contribution in [3.8, 4) is 11.8 Å². The minimum absolute atomic E-state index is 0.0141. The number of nitrogens with zero attached hydrogens (tertiary/aromatic N) is 6. The van der Waals surface area contributed by atoms with Gasteiger partial charge in [-0.3, -0.25) is 24.0 Å². The molecule has 4 atom stereocenters. The number of aromatic nitrogens is 3. The second kappa shape index (κ2) is 46.9. The number of rotatable bonds is 50. The van der Waals surface area contributed by atoms with Gasteiger partial charge in [0.15, 0.2) is 11.8 Å². The van der Waals surface area contributed by atoms with Crippen molar-refractivity contribution in [1.82, 2.24) is 19.4 Å². The molecule has 1 amide bonds. The maximum absolute atomic E-state index is 13.5. The van der Waals surface area contributed by atoms with Crippen LogP contribution in [0.5, 0.6) is 5.75 Å². The third kappa shape index (κ3) is 31.3. The first-order valence-electron chi connectivity index (χ1n) is 36.3. The Labute approximate surface area is 553 Å². The molecule has 1 fully saturated rings. The van der Waals surface area contributed by atoms with Crippen LogP contribution >= 0.6 is 0 Å². The largest absolute Gasteiger partial charge is 0.462 e. The van der Waals surface area contributed by atoms with Crippen LogP contribution in [-0.2, 0) is 49.5 Å². The Morgan fingerprint density at radius 3 is 1.65 bits per heavy atom. The summed E-state index contributed by atoms with van der Waals surface area (Å²) in [7, 11) is 1.92. The van der Waals surface area contributed by atoms with Crippen LogP contribution < -0.4 is 9.64 Å². The van der Waals surface area contributed by atoms with Gasteiger partial charge in [-0.15, -0.1) is 0 Å². The lowest BCUT2D eigenvalue weighted by Crippen LogP contribution is -2.52. The summed E-state index contributed by atoms with van der Waals surface area (Å²) in [6, 6.07) is 7.40. The molecule has 4 rings (SSSR count). The number of esters is 4. The molecule has 0 bridgehead atoms. The Morgan fingerprint density at radius 2 is 1.14 bits per heavy atom. The average molecular weight is 1280 g/mol. The normalized spacial score (nSPS) is 14.6. The van der Waals surface area contributed by atoms with E-state index in [1.807, 2.05) is 57.8 Å². The van der Waals surface area contributed by atoms with Crippen LogP contribution in [0.25, 0.3) is 11.0 Å². The number of benzene rings is 1. The maximum atomic E-state index is 13.5. The first-order chi connectivity index (χ1) is 44.6. The first kappa shape index (κ1) is 78.4. The highest BCUT2D eigenvalue weighted by Gasteiger charge is 2.33. The van der Waals surface area contributed by atoms with Crippen molar-refractivity contribution in [2.24, 2.45) is 17.8 Å². The molecule has 0 aliphatic carbocycles. The highest BCUT2D eigenvalue weighted by atomic mass is 16.6. The zero-order valence-corrected chi connectivity index (χ0v) is 58.4. The van der Waals surface area contributed by atoms with E-state index in [1.54, 1.807) is 17.2 Å². The predicted molar refractivity (Wildman–Crippen MR) is 365 cm³/mol. The minimum atomic E-state index is -0.860. The lowest BCUT2D eigenvalue weighted by Gasteiger charge is -2.42. The molecule has 0 saturated carbocycles. The zero-order chi connectivity index (χ0) is 66.7. The summed E-state index contributed by atoms with van der Waals surface area (Å²) in [5, 5.41) is 9.75. The van der Waals surface area contributed by atoms with Crippen LogP contribution in [-0.4, -0.2) is 101 Å². The van der Waals surface area contributed by atoms with Gasteiger partial charge in [-0.25, -0.2) is 19.3 Å². The monoisotopic (exact) mass is 1280 g/mol. The number of ether oxygens (including phenoxy) is 5. The molecule has 1 aliphatic heterocycles. The van der Waals surface area contributed by atoms with Crippen LogP contribution in [0.4, 0.5) is 10.6 Å². The van der Waals surface area contributed by atoms with Gasteiger partial charge in [0.1, 0.15) is 44.1 Å². The van der Waals surface area contributed by atoms with Crippen LogP contribution in [0.15, 0.2) is 30.7 Å². The SMILES string of the molecule is CCCCCCCCCCCCCCCC(=O)OCC(COC(=O)CCCCCCCCCCCCCCC)OC(=O)CC(C)CCCCCCCC(C)C(=O)Oc1c(C)cc(COC(=O)n2ccc3c(N(C)[C@H]4CN(C(=O)CC#N)CC[C@H]4C)ncnc32)cc1C. The Morgan fingerprint density at radius 1 is 0.652 bits per heavy atom. The number of carbonyl (C=O) groups is 6. The number of piperidine rings is 1. The standard InChI is InChI=1S/C75H120N6O11/c1-9-11-13-15-17-19-21-23-25-27-29-34-38-42-68(83)88-55-64(56-89-69(84)43-39-35-30-28-26-24-22-20-18-16-14-12-10-2)91-70(85)50-58(3)40-36-32-31-33-37-41-60(5)74(86)92-71-61(6)51-63(52-62(71)7)54-90-75(87)81-49-46-65-72(77-57-78-73(65)81)79(8)66-53-80(48-45-59(66)4)67(82)44-47-76/h46,49,51-52,57-60,64,66H,9-45,48,50,53-56H2,1-8H3/t58?,59-,60?,66+/m1/s1. The van der Waals surface area contributed by atoms with Crippen LogP contribution in [0.1, 0.15) is 295 Å². The molecule has 1 aromatic carbocycles. The van der Waals surface area contributed by atoms with Crippen LogP contribution in [0.3, 0.4) is 0 Å². The molecule has 17 nitrogen and oxygen atoms in total. The van der Waals surface area contributed by atoms with Crippen molar-refractivity contribution in [1.29, 1.82) is 5.26 Å². The lowest BCUT2D eigenvalue weighted by atomic mass is 9.92. The van der Waals surface area contributed by atoms with E-state index in [0.29, 0.717) is 55.0 Å². The van der Waals surface area contributed by atoms with E-state index in [9.17, 15) is 28.8 Å². The van der Waals surface area contributed by atoms with Gasteiger partial charge >= 0.3 is 30.0 Å². The van der Waals surface area contributed by atoms with Crippen LogP contribution in [0.2, 0.25) is 0 Å². The van der Waals surface area contributed by atoms with Crippen LogP contribution in [0, 0.1) is 42.9 Å². The number of hydrogen-bond acceptors (Lipinski definition) is 15. The maximum Gasteiger partial charge on any atom is 0.420 e. The number of fused-ring (bicyclic) bond motifs is 1. The average Bonchev–Trinajstić information content (AvgIpc) is 1.62. The number of aryl methyl sites for hydroxylation is 2. The Bertz CT molecular complexity index is 2580. The fraction of sp³-hybridized carbons (Fsp3) is 0.747. The first-order valence-corrected chi connectivity index (χ1v) is 36.3. The molecule has 0 radical (unpaired) electrons. The molecule has 2 aromatic heterocycles. The van der Waals surface area contributed by atoms with Gasteiger partial charge in [0.2, 0.25) is 5.91 Å². The van der Waals surface area contributed by atoms with Crippen molar-refractivity contribution >= 4 is 52.7 Å². The van der Waals surface area contributed by atoms with Gasteiger partial charge in [0.05, 0.1) is 23.4 Å². The van der Waals surface area contributed by atoms with Gasteiger partial charge in [0, 0.05) is 45.6 Å². The highest BCUT2D eigenvalue weighted by molar-refractivity contribution is 5.93. The number of likely N-dealkylation sites (tertiary alicyclic amines) is 1. The summed E-state index contributed by atoms with van der Waals surface area (Å²) in [6.45, 7) is 15.1. The van der Waals surface area contributed by atoms with E-state index in [0.717, 1.165) is 100 Å². The molecule has 0 spiro atoms. The van der Waals surface area contributed by atoms with Gasteiger partial charge in [-0.05, 0) is 86.3 Å². The fourth-order valence-corrected chi connectivity index (χ4v) is 12.6. The summed E-state index contributed by atoms with van der Waals surface area (Å²) in [6.07, 6.45) is 41.2. The molecule has 92 heavy (non-hydrogen) atoms. The van der Waals surface area contributed by atoms with Crippen molar-refractivity contribution in [3.63, 3.8) is 0 Å². The van der Waals surface area contributed by atoms with Gasteiger partial charge in [-0.2, -0.15) is 5.26 Å². The Kier molecular flexibility index (Phi) is 40.0. The van der Waals surface area contributed by atoms with Crippen molar-refractivity contribution in [2.75, 3.05) is 38.3 Å². The number of anilines is 1. The number of amides is 1. The third-order valence-electron chi connectivity index (χ3n) is 18.5. The summed E-state index contributed by atoms with van der Waals surface area (Å²) in [5.41, 5.74) is 2.64. The number of hydrogen-bond donors (Lipinski definition) is 0. The number of carbonyl (C=O) groups excluding carboxylic acids is 6. The predicted octanol–water partition coefficient (Wildman–Crippen LogP) is 18.1. The molecule has 3 heterocycles. The van der Waals surface area contributed by atoms with E-state index < -0.39 is 18.2 Å². The second-order valence-corrected chi connectivity index (χ2v) is 26.8. The molecule has 2 unspecified atom stereocenters. The topological polar surface area (TPSA) is 210 Å². The Balaban J connectivity index is 1.13. The molecule has 0 N–H and O–H groups in total. The summed E-state index contributed by atoms with van der Waals surface area (Å²) >= 11 is 0. The second-order valence-electron chi connectivity index (χ2n) is 26.8. The van der Waals surface area contributed by atoms with Gasteiger partial charge < -0.3 is 33.5 Å². The molecular weight excluding hydrogens is 1160 g/mol. The Hall–Kier alpha value is -6.05. The molecule has 17 heteroatoms. The van der Waals surface area contributed by atoms with Crippen molar-refractivity contribution < 1.29 is 52.5 Å². The molecule has 516 valence electrons. The molecular formula is C75H120N6O11. The summed E-state index contributed by atoms with van der Waals surface area (Å²) in [5.74, 6) is -0.354. The minimum Gasteiger partial charge on any atom is -0.462 e. The third-order valence-corrected chi connectivity index (χ3v) is 18.5. The molecule has 3 aromatic rings. The number of nitriles is 1. The number of unbranched alkanes of at least 4 members (excludes halogenated alkanes) is 28. The summed E-state index contributed by atoms with van der Waals surface area (Å²) in [4.78, 5) is 91.1. The molecule has 1 aliphatic rings. The van der Waals surface area contributed by atoms with E-state index in [2.05, 4.69) is 30.7 Å². The fourth-order valence-electron chi connectivity index (χ4n) is 12.6. The quantitative estimate of drug-likeness (QED) is 0.0223. The van der Waals surface area contributed by atoms with Gasteiger partial charge in [-0.1, -0.05) is 227 Å². The van der Waals surface area contributed by atoms with E-state index in [-0.39, 0.29) is 80.3 Å². The van der Waals surface area contributed by atoms with E-state index >= 15 is 0 Å². The number of likely N-dealkylation sites (N-methyl/N-ethyl adjacent to an activating group) is 1. The van der Waals surface area contributed by atoms with Crippen molar-refractivity contribution in [3.05, 3.63) is 47.4 Å². The lowest BCUT2D eigenvalue weighted by molar-refractivity contribution is -0.167. The van der Waals surface area contributed by atoms with Crippen molar-refractivity contribution in [2.45, 2.75) is 311 Å². The molecule has 1 saturated heterocycles. The smallest absolute Gasteiger partial charge is 0.420 e. The van der Waals surface area contributed by atoms with E-state index in [1.165, 1.54) is 139 Å². The highest BCUT2D eigenvalue weighted by Crippen LogP contribution is 2.32. The zero-order valence-electron chi connectivity index (χ0n) is 58.4. The summed E-state index contributed by atoms with van der Waals surface area (Å²) < 4.78 is 30.1.